The maximum Gasteiger partial charge on any atom is 0.389 e. The zero-order valence-corrected chi connectivity index (χ0v) is 7.90. The summed E-state index contributed by atoms with van der Waals surface area (Å²) < 4.78 is 35.0. The molecule has 1 atom stereocenters. The number of aliphatic hydroxyl groups excluding tert-OH is 1. The Balaban J connectivity index is 3.31. The third-order valence-corrected chi connectivity index (χ3v) is 1.89. The van der Waals surface area contributed by atoms with Gasteiger partial charge in [-0.15, -0.1) is 0 Å². The molecule has 13 heavy (non-hydrogen) atoms. The monoisotopic (exact) mass is 198 g/mol. The molecule has 0 spiro atoms. The van der Waals surface area contributed by atoms with Crippen LogP contribution in [-0.2, 0) is 0 Å². The van der Waals surface area contributed by atoms with Crippen molar-refractivity contribution in [2.45, 2.75) is 57.7 Å². The zero-order valence-electron chi connectivity index (χ0n) is 7.90. The minimum absolute atomic E-state index is 0.0361. The van der Waals surface area contributed by atoms with Crippen LogP contribution in [-0.4, -0.2) is 17.4 Å². The fourth-order valence-electron chi connectivity index (χ4n) is 1.12. The molecular formula is C9H17F3O. The molecule has 0 amide bonds. The first-order valence-electron chi connectivity index (χ1n) is 4.70. The van der Waals surface area contributed by atoms with Crippen molar-refractivity contribution in [1.82, 2.24) is 0 Å². The molecule has 1 N–H and O–H groups in total. The zero-order chi connectivity index (χ0) is 10.3. The first-order valence-corrected chi connectivity index (χ1v) is 4.70. The Labute approximate surface area is 76.9 Å². The van der Waals surface area contributed by atoms with Crippen molar-refractivity contribution in [2.75, 3.05) is 0 Å². The molecule has 0 heterocycles. The van der Waals surface area contributed by atoms with Gasteiger partial charge in [-0.3, -0.25) is 0 Å². The largest absolute Gasteiger partial charge is 0.393 e. The Morgan fingerprint density at radius 1 is 1.15 bits per heavy atom. The second-order valence-electron chi connectivity index (χ2n) is 3.30. The molecule has 0 rings (SSSR count). The summed E-state index contributed by atoms with van der Waals surface area (Å²) >= 11 is 0. The Kier molecular flexibility index (Phi) is 6.12. The lowest BCUT2D eigenvalue weighted by Gasteiger charge is -2.10. The molecule has 4 heteroatoms. The predicted molar refractivity (Wildman–Crippen MR) is 45.4 cm³/mol. The van der Waals surface area contributed by atoms with Crippen LogP contribution in [0.25, 0.3) is 0 Å². The topological polar surface area (TPSA) is 20.2 Å². The minimum Gasteiger partial charge on any atom is -0.393 e. The molecule has 0 aliphatic carbocycles. The number of unbranched alkanes of at least 4 members (excludes halogenated alkanes) is 1. The Morgan fingerprint density at radius 2 is 1.69 bits per heavy atom. The Bertz CT molecular complexity index is 123. The van der Waals surface area contributed by atoms with E-state index < -0.39 is 18.7 Å². The molecule has 0 radical (unpaired) electrons. The van der Waals surface area contributed by atoms with Gasteiger partial charge >= 0.3 is 6.18 Å². The van der Waals surface area contributed by atoms with E-state index in [4.69, 9.17) is 0 Å². The first-order chi connectivity index (χ1) is 5.95. The van der Waals surface area contributed by atoms with E-state index in [1.807, 2.05) is 6.92 Å². The number of aliphatic hydroxyl groups is 1. The normalized spacial score (nSPS) is 14.5. The summed E-state index contributed by atoms with van der Waals surface area (Å²) in [5.41, 5.74) is 0. The Morgan fingerprint density at radius 3 is 2.15 bits per heavy atom. The van der Waals surface area contributed by atoms with Crippen LogP contribution in [0.3, 0.4) is 0 Å². The molecule has 0 aliphatic heterocycles. The van der Waals surface area contributed by atoms with Gasteiger partial charge in [0.15, 0.2) is 0 Å². The highest BCUT2D eigenvalue weighted by molar-refractivity contribution is 4.58. The molecule has 0 fully saturated rings. The third-order valence-electron chi connectivity index (χ3n) is 1.89. The summed E-state index contributed by atoms with van der Waals surface area (Å²) in [6.07, 6.45) is -2.64. The van der Waals surface area contributed by atoms with Crippen molar-refractivity contribution in [2.24, 2.45) is 0 Å². The fourth-order valence-corrected chi connectivity index (χ4v) is 1.12. The van der Waals surface area contributed by atoms with E-state index in [9.17, 15) is 18.3 Å². The van der Waals surface area contributed by atoms with Crippen molar-refractivity contribution < 1.29 is 18.3 Å². The Hall–Kier alpha value is -0.250. The lowest BCUT2D eigenvalue weighted by Crippen LogP contribution is -2.11. The van der Waals surface area contributed by atoms with Gasteiger partial charge in [0.25, 0.3) is 0 Å². The van der Waals surface area contributed by atoms with Crippen LogP contribution in [0.15, 0.2) is 0 Å². The summed E-state index contributed by atoms with van der Waals surface area (Å²) in [4.78, 5) is 0. The van der Waals surface area contributed by atoms with Gasteiger partial charge in [-0.25, -0.2) is 0 Å². The molecular weight excluding hydrogens is 181 g/mol. The smallest absolute Gasteiger partial charge is 0.389 e. The van der Waals surface area contributed by atoms with Gasteiger partial charge in [0.05, 0.1) is 6.10 Å². The van der Waals surface area contributed by atoms with Crippen molar-refractivity contribution in [1.29, 1.82) is 0 Å². The van der Waals surface area contributed by atoms with E-state index in [2.05, 4.69) is 0 Å². The van der Waals surface area contributed by atoms with Crippen LogP contribution in [0.1, 0.15) is 45.4 Å². The van der Waals surface area contributed by atoms with Gasteiger partial charge in [-0.1, -0.05) is 19.8 Å². The molecule has 0 aromatic heterocycles. The number of halogens is 3. The number of alkyl halides is 3. The average Bonchev–Trinajstić information content (AvgIpc) is 1.98. The predicted octanol–water partition coefficient (Wildman–Crippen LogP) is 3.27. The van der Waals surface area contributed by atoms with E-state index in [1.165, 1.54) is 0 Å². The molecule has 0 aromatic rings. The average molecular weight is 198 g/mol. The van der Waals surface area contributed by atoms with E-state index in [0.29, 0.717) is 6.42 Å². The lowest BCUT2D eigenvalue weighted by atomic mass is 10.1. The first kappa shape index (κ1) is 12.8. The van der Waals surface area contributed by atoms with Crippen LogP contribution in [0.4, 0.5) is 13.2 Å². The van der Waals surface area contributed by atoms with Crippen molar-refractivity contribution in [3.05, 3.63) is 0 Å². The SMILES string of the molecule is CCCCC(O)CCCC(F)(F)F. The van der Waals surface area contributed by atoms with Crippen LogP contribution in [0.2, 0.25) is 0 Å². The van der Waals surface area contributed by atoms with Crippen molar-refractivity contribution in [3.8, 4) is 0 Å². The highest BCUT2D eigenvalue weighted by Gasteiger charge is 2.26. The van der Waals surface area contributed by atoms with Gasteiger partial charge in [-0.05, 0) is 19.3 Å². The molecule has 1 unspecified atom stereocenters. The van der Waals surface area contributed by atoms with E-state index >= 15 is 0 Å². The molecule has 80 valence electrons. The lowest BCUT2D eigenvalue weighted by molar-refractivity contribution is -0.136. The maximum absolute atomic E-state index is 11.7. The number of hydrogen-bond acceptors (Lipinski definition) is 1. The van der Waals surface area contributed by atoms with E-state index in [1.54, 1.807) is 0 Å². The molecule has 0 aromatic carbocycles. The highest BCUT2D eigenvalue weighted by Crippen LogP contribution is 2.23. The molecule has 0 aliphatic rings. The highest BCUT2D eigenvalue weighted by atomic mass is 19.4. The number of rotatable bonds is 6. The third kappa shape index (κ3) is 9.67. The van der Waals surface area contributed by atoms with Gasteiger partial charge in [0.1, 0.15) is 0 Å². The summed E-state index contributed by atoms with van der Waals surface area (Å²) in [6, 6.07) is 0. The fraction of sp³-hybridized carbons (Fsp3) is 1.00. The van der Waals surface area contributed by atoms with Gasteiger partial charge in [0.2, 0.25) is 0 Å². The maximum atomic E-state index is 11.7. The second kappa shape index (κ2) is 6.24. The quantitative estimate of drug-likeness (QED) is 0.694. The number of hydrogen-bond donors (Lipinski definition) is 1. The molecule has 0 saturated carbocycles. The van der Waals surface area contributed by atoms with E-state index in [0.717, 1.165) is 12.8 Å². The standard InChI is InChI=1S/C9H17F3O/c1-2-3-5-8(13)6-4-7-9(10,11)12/h8,13H,2-7H2,1H3. The van der Waals surface area contributed by atoms with E-state index in [-0.39, 0.29) is 12.8 Å². The molecule has 0 bridgehead atoms. The van der Waals surface area contributed by atoms with Crippen molar-refractivity contribution >= 4 is 0 Å². The molecule has 1 nitrogen and oxygen atoms in total. The summed E-state index contributed by atoms with van der Waals surface area (Å²) in [5, 5.41) is 9.21. The molecule has 0 saturated heterocycles. The summed E-state index contributed by atoms with van der Waals surface area (Å²) in [7, 11) is 0. The summed E-state index contributed by atoms with van der Waals surface area (Å²) in [6.45, 7) is 1.99. The minimum atomic E-state index is -4.08. The van der Waals surface area contributed by atoms with Gasteiger partial charge < -0.3 is 5.11 Å². The van der Waals surface area contributed by atoms with Crippen LogP contribution >= 0.6 is 0 Å². The second-order valence-corrected chi connectivity index (χ2v) is 3.30. The summed E-state index contributed by atoms with van der Waals surface area (Å²) in [5.74, 6) is 0. The van der Waals surface area contributed by atoms with Crippen LogP contribution in [0.5, 0.6) is 0 Å². The van der Waals surface area contributed by atoms with Gasteiger partial charge in [-0.2, -0.15) is 13.2 Å². The van der Waals surface area contributed by atoms with Crippen molar-refractivity contribution in [3.63, 3.8) is 0 Å². The van der Waals surface area contributed by atoms with Crippen LogP contribution in [0, 0.1) is 0 Å². The van der Waals surface area contributed by atoms with Gasteiger partial charge in [0, 0.05) is 6.42 Å². The van der Waals surface area contributed by atoms with Crippen LogP contribution < -0.4 is 0 Å².